The number of methoxy groups -OCH3 is 2. The molecular formula is C23H23NO6. The van der Waals surface area contributed by atoms with Gasteiger partial charge in [0.05, 0.1) is 19.6 Å². The molecule has 4 rings (SSSR count). The van der Waals surface area contributed by atoms with Crippen LogP contribution < -0.4 is 25.2 Å². The van der Waals surface area contributed by atoms with Gasteiger partial charge in [0.15, 0.2) is 18.1 Å². The first-order valence-electron chi connectivity index (χ1n) is 9.74. The van der Waals surface area contributed by atoms with Gasteiger partial charge in [-0.15, -0.1) is 0 Å². The molecule has 1 aliphatic carbocycles. The number of carbonyl (C=O) groups is 1. The van der Waals surface area contributed by atoms with E-state index in [0.29, 0.717) is 40.5 Å². The highest BCUT2D eigenvalue weighted by molar-refractivity contribution is 5.93. The molecule has 0 saturated carbocycles. The first-order valence-corrected chi connectivity index (χ1v) is 9.74. The van der Waals surface area contributed by atoms with Gasteiger partial charge in [-0.2, -0.15) is 0 Å². The maximum atomic E-state index is 12.5. The minimum atomic E-state index is -0.314. The van der Waals surface area contributed by atoms with Crippen LogP contribution in [0.3, 0.4) is 0 Å². The van der Waals surface area contributed by atoms with E-state index >= 15 is 0 Å². The molecule has 156 valence electrons. The monoisotopic (exact) mass is 409 g/mol. The molecule has 7 heteroatoms. The predicted molar refractivity (Wildman–Crippen MR) is 113 cm³/mol. The normalized spacial score (nSPS) is 12.5. The van der Waals surface area contributed by atoms with Crippen molar-refractivity contribution >= 4 is 22.6 Å². The smallest absolute Gasteiger partial charge is 0.339 e. The molecule has 0 aliphatic heterocycles. The number of nitrogens with one attached hydrogen (secondary N) is 1. The van der Waals surface area contributed by atoms with E-state index in [1.165, 1.54) is 7.11 Å². The van der Waals surface area contributed by atoms with Crippen LogP contribution in [0.2, 0.25) is 0 Å². The summed E-state index contributed by atoms with van der Waals surface area (Å²) in [6, 6.07) is 8.81. The topological polar surface area (TPSA) is 87.0 Å². The zero-order chi connectivity index (χ0) is 21.3. The second-order valence-corrected chi connectivity index (χ2v) is 7.24. The van der Waals surface area contributed by atoms with Crippen molar-refractivity contribution in [1.29, 1.82) is 0 Å². The highest BCUT2D eigenvalue weighted by Crippen LogP contribution is 2.35. The lowest BCUT2D eigenvalue weighted by Crippen LogP contribution is -2.20. The second kappa shape index (κ2) is 8.10. The molecule has 0 radical (unpaired) electrons. The molecular weight excluding hydrogens is 386 g/mol. The van der Waals surface area contributed by atoms with Crippen molar-refractivity contribution in [2.75, 3.05) is 26.1 Å². The summed E-state index contributed by atoms with van der Waals surface area (Å²) in [4.78, 5) is 24.7. The standard InChI is InChI=1S/C23H23NO6/c1-13-9-19(22-15-5-4-6-16(15)23(26)30-20(22)10-13)29-12-21(25)24-14-7-8-17(27-2)18(11-14)28-3/h7-11H,4-6,12H2,1-3H3,(H,24,25). The molecule has 0 unspecified atom stereocenters. The zero-order valence-electron chi connectivity index (χ0n) is 17.2. The molecule has 1 aromatic heterocycles. The van der Waals surface area contributed by atoms with Crippen LogP contribution in [0.25, 0.3) is 11.0 Å². The molecule has 30 heavy (non-hydrogen) atoms. The lowest BCUT2D eigenvalue weighted by Gasteiger charge is -2.14. The average Bonchev–Trinajstić information content (AvgIpc) is 3.22. The Labute approximate surface area is 173 Å². The molecule has 0 bridgehead atoms. The van der Waals surface area contributed by atoms with Crippen LogP contribution >= 0.6 is 0 Å². The Kier molecular flexibility index (Phi) is 5.35. The highest BCUT2D eigenvalue weighted by Gasteiger charge is 2.22. The number of anilines is 1. The lowest BCUT2D eigenvalue weighted by molar-refractivity contribution is -0.118. The van der Waals surface area contributed by atoms with Crippen LogP contribution in [-0.4, -0.2) is 26.7 Å². The molecule has 1 N–H and O–H groups in total. The van der Waals surface area contributed by atoms with Crippen molar-refractivity contribution in [3.05, 3.63) is 57.4 Å². The van der Waals surface area contributed by atoms with Gasteiger partial charge in [-0.05, 0) is 61.6 Å². The van der Waals surface area contributed by atoms with Gasteiger partial charge < -0.3 is 23.9 Å². The fraction of sp³-hybridized carbons (Fsp3) is 0.304. The molecule has 2 aromatic carbocycles. The van der Waals surface area contributed by atoms with E-state index in [9.17, 15) is 9.59 Å². The Hall–Kier alpha value is -3.48. The largest absolute Gasteiger partial charge is 0.493 e. The summed E-state index contributed by atoms with van der Waals surface area (Å²) in [5.74, 6) is 1.33. The summed E-state index contributed by atoms with van der Waals surface area (Å²) in [5.41, 5.74) is 3.36. The molecule has 3 aromatic rings. The summed E-state index contributed by atoms with van der Waals surface area (Å²) in [7, 11) is 3.08. The van der Waals surface area contributed by atoms with E-state index in [1.807, 2.05) is 19.1 Å². The SMILES string of the molecule is COc1ccc(NC(=O)COc2cc(C)cc3oc(=O)c4c(c23)CCC4)cc1OC. The van der Waals surface area contributed by atoms with Gasteiger partial charge in [0.2, 0.25) is 0 Å². The highest BCUT2D eigenvalue weighted by atomic mass is 16.5. The molecule has 0 spiro atoms. The van der Waals surface area contributed by atoms with Crippen LogP contribution in [-0.2, 0) is 17.6 Å². The lowest BCUT2D eigenvalue weighted by atomic mass is 10.0. The minimum Gasteiger partial charge on any atom is -0.493 e. The van der Waals surface area contributed by atoms with Crippen LogP contribution in [0.5, 0.6) is 17.2 Å². The Morgan fingerprint density at radius 2 is 1.80 bits per heavy atom. The van der Waals surface area contributed by atoms with Crippen molar-refractivity contribution in [2.45, 2.75) is 26.2 Å². The number of amides is 1. The van der Waals surface area contributed by atoms with E-state index in [1.54, 1.807) is 25.3 Å². The first kappa shape index (κ1) is 19.8. The third-order valence-electron chi connectivity index (χ3n) is 5.21. The van der Waals surface area contributed by atoms with Gasteiger partial charge in [-0.25, -0.2) is 4.79 Å². The van der Waals surface area contributed by atoms with E-state index in [-0.39, 0.29) is 18.1 Å². The Morgan fingerprint density at radius 3 is 2.57 bits per heavy atom. The van der Waals surface area contributed by atoms with Crippen molar-refractivity contribution < 1.29 is 23.4 Å². The molecule has 1 aliphatic rings. The van der Waals surface area contributed by atoms with Crippen molar-refractivity contribution in [2.24, 2.45) is 0 Å². The van der Waals surface area contributed by atoms with Crippen LogP contribution in [0, 0.1) is 6.92 Å². The van der Waals surface area contributed by atoms with E-state index in [4.69, 9.17) is 18.6 Å². The first-order chi connectivity index (χ1) is 14.5. The Bertz CT molecular complexity index is 1180. The summed E-state index contributed by atoms with van der Waals surface area (Å²) in [6.45, 7) is 1.71. The zero-order valence-corrected chi connectivity index (χ0v) is 17.2. The summed E-state index contributed by atoms with van der Waals surface area (Å²) >= 11 is 0. The Morgan fingerprint density at radius 1 is 1.03 bits per heavy atom. The van der Waals surface area contributed by atoms with E-state index in [2.05, 4.69) is 5.32 Å². The maximum Gasteiger partial charge on any atom is 0.339 e. The number of fused-ring (bicyclic) bond motifs is 3. The Balaban J connectivity index is 1.56. The second-order valence-electron chi connectivity index (χ2n) is 7.24. The number of ether oxygens (including phenoxy) is 3. The number of hydrogen-bond acceptors (Lipinski definition) is 6. The van der Waals surface area contributed by atoms with Crippen molar-refractivity contribution in [3.63, 3.8) is 0 Å². The van der Waals surface area contributed by atoms with Crippen molar-refractivity contribution in [3.8, 4) is 17.2 Å². The van der Waals surface area contributed by atoms with E-state index in [0.717, 1.165) is 29.4 Å². The third kappa shape index (κ3) is 3.70. The number of rotatable bonds is 6. The molecule has 1 amide bonds. The fourth-order valence-corrected chi connectivity index (χ4v) is 3.87. The van der Waals surface area contributed by atoms with E-state index < -0.39 is 0 Å². The number of benzene rings is 2. The van der Waals surface area contributed by atoms with Gasteiger partial charge in [-0.3, -0.25) is 4.79 Å². The summed E-state index contributed by atoms with van der Waals surface area (Å²) < 4.78 is 21.8. The van der Waals surface area contributed by atoms with Gasteiger partial charge in [0.1, 0.15) is 11.3 Å². The quantitative estimate of drug-likeness (QED) is 0.626. The van der Waals surface area contributed by atoms with Crippen LogP contribution in [0.4, 0.5) is 5.69 Å². The number of aryl methyl sites for hydroxylation is 2. The van der Waals surface area contributed by atoms with Crippen molar-refractivity contribution in [1.82, 2.24) is 0 Å². The third-order valence-corrected chi connectivity index (χ3v) is 5.21. The molecule has 7 nitrogen and oxygen atoms in total. The molecule has 1 heterocycles. The summed E-state index contributed by atoms with van der Waals surface area (Å²) in [5, 5.41) is 3.57. The minimum absolute atomic E-state index is 0.180. The summed E-state index contributed by atoms with van der Waals surface area (Å²) in [6.07, 6.45) is 2.42. The molecule has 0 fully saturated rings. The maximum absolute atomic E-state index is 12.5. The molecule has 0 saturated heterocycles. The molecule has 0 atom stereocenters. The average molecular weight is 409 g/mol. The number of hydrogen-bond donors (Lipinski definition) is 1. The van der Waals surface area contributed by atoms with Gasteiger partial charge in [0, 0.05) is 17.3 Å². The van der Waals surface area contributed by atoms with Gasteiger partial charge in [-0.1, -0.05) is 0 Å². The predicted octanol–water partition coefficient (Wildman–Crippen LogP) is 3.62. The fourth-order valence-electron chi connectivity index (χ4n) is 3.87. The van der Waals surface area contributed by atoms with Gasteiger partial charge >= 0.3 is 5.63 Å². The van der Waals surface area contributed by atoms with Crippen LogP contribution in [0.1, 0.15) is 23.1 Å². The van der Waals surface area contributed by atoms with Gasteiger partial charge in [0.25, 0.3) is 5.91 Å². The van der Waals surface area contributed by atoms with Crippen LogP contribution in [0.15, 0.2) is 39.5 Å². The number of carbonyl (C=O) groups excluding carboxylic acids is 1.